The maximum absolute atomic E-state index is 12.7. The van der Waals surface area contributed by atoms with Gasteiger partial charge in [-0.1, -0.05) is 11.6 Å². The summed E-state index contributed by atoms with van der Waals surface area (Å²) in [6, 6.07) is 1.99. The molecule has 0 aliphatic heterocycles. The first-order valence-electron chi connectivity index (χ1n) is 5.41. The van der Waals surface area contributed by atoms with Gasteiger partial charge in [-0.25, -0.2) is 8.42 Å². The van der Waals surface area contributed by atoms with Crippen LogP contribution in [-0.4, -0.2) is 25.0 Å². The molecule has 0 spiro atoms. The molecule has 0 aliphatic carbocycles. The summed E-state index contributed by atoms with van der Waals surface area (Å²) in [7, 11) is -4.45. The Balaban J connectivity index is 3.31. The molecular formula is C11H11ClF3NO4S. The SMILES string of the molecule is CC(C)(NS(=O)(=O)c1ccc(Cl)c(C(F)(F)F)c1)C(=O)O. The molecule has 118 valence electrons. The van der Waals surface area contributed by atoms with Crippen LogP contribution in [0.3, 0.4) is 0 Å². The van der Waals surface area contributed by atoms with Crippen LogP contribution in [0, 0.1) is 0 Å². The maximum atomic E-state index is 12.7. The second-order valence-corrected chi connectivity index (χ2v) is 6.76. The Hall–Kier alpha value is -1.32. The van der Waals surface area contributed by atoms with Crippen molar-refractivity contribution < 1.29 is 31.5 Å². The average Bonchev–Trinajstić information content (AvgIpc) is 2.25. The van der Waals surface area contributed by atoms with E-state index in [1.807, 2.05) is 4.72 Å². The summed E-state index contributed by atoms with van der Waals surface area (Å²) < 4.78 is 63.8. The molecule has 21 heavy (non-hydrogen) atoms. The van der Waals surface area contributed by atoms with Crippen molar-refractivity contribution >= 4 is 27.6 Å². The number of hydrogen-bond acceptors (Lipinski definition) is 3. The van der Waals surface area contributed by atoms with Gasteiger partial charge in [0, 0.05) is 0 Å². The highest BCUT2D eigenvalue weighted by Crippen LogP contribution is 2.36. The van der Waals surface area contributed by atoms with E-state index in [1.54, 1.807) is 0 Å². The normalized spacial score (nSPS) is 13.2. The molecule has 0 radical (unpaired) electrons. The molecule has 0 saturated carbocycles. The summed E-state index contributed by atoms with van der Waals surface area (Å²) in [5.41, 5.74) is -3.20. The van der Waals surface area contributed by atoms with Crippen molar-refractivity contribution in [1.82, 2.24) is 4.72 Å². The highest BCUT2D eigenvalue weighted by atomic mass is 35.5. The van der Waals surface area contributed by atoms with Crippen LogP contribution in [0.1, 0.15) is 19.4 Å². The van der Waals surface area contributed by atoms with E-state index in [0.29, 0.717) is 6.07 Å². The zero-order chi connectivity index (χ0) is 16.6. The van der Waals surface area contributed by atoms with E-state index in [9.17, 15) is 26.4 Å². The minimum Gasteiger partial charge on any atom is -0.480 e. The van der Waals surface area contributed by atoms with Gasteiger partial charge in [-0.2, -0.15) is 17.9 Å². The fraction of sp³-hybridized carbons (Fsp3) is 0.364. The number of aliphatic carboxylic acids is 1. The third-order valence-electron chi connectivity index (χ3n) is 2.48. The number of alkyl halides is 3. The lowest BCUT2D eigenvalue weighted by molar-refractivity contribution is -0.142. The summed E-state index contributed by atoms with van der Waals surface area (Å²) in [5, 5.41) is 8.20. The molecular weight excluding hydrogens is 335 g/mol. The van der Waals surface area contributed by atoms with E-state index in [0.717, 1.165) is 26.0 Å². The molecule has 1 aromatic rings. The first-order chi connectivity index (χ1) is 9.27. The molecule has 10 heteroatoms. The van der Waals surface area contributed by atoms with Crippen LogP contribution >= 0.6 is 11.6 Å². The average molecular weight is 346 g/mol. The first-order valence-corrected chi connectivity index (χ1v) is 7.27. The number of nitrogens with one attached hydrogen (secondary N) is 1. The van der Waals surface area contributed by atoms with Gasteiger partial charge >= 0.3 is 12.1 Å². The number of benzene rings is 1. The Labute approximate surface area is 123 Å². The van der Waals surface area contributed by atoms with E-state index in [2.05, 4.69) is 0 Å². The highest BCUT2D eigenvalue weighted by Gasteiger charge is 2.37. The largest absolute Gasteiger partial charge is 0.480 e. The van der Waals surface area contributed by atoms with Crippen LogP contribution in [0.15, 0.2) is 23.1 Å². The number of rotatable bonds is 4. The van der Waals surface area contributed by atoms with Gasteiger partial charge in [0.2, 0.25) is 10.0 Å². The summed E-state index contributed by atoms with van der Waals surface area (Å²) in [4.78, 5) is 10.2. The van der Waals surface area contributed by atoms with Crippen molar-refractivity contribution in [1.29, 1.82) is 0 Å². The number of sulfonamides is 1. The van der Waals surface area contributed by atoms with Gasteiger partial charge < -0.3 is 5.11 Å². The zero-order valence-corrected chi connectivity index (χ0v) is 12.4. The van der Waals surface area contributed by atoms with E-state index in [-0.39, 0.29) is 0 Å². The predicted octanol–water partition coefficient (Wildman–Crippen LogP) is 2.50. The van der Waals surface area contributed by atoms with Gasteiger partial charge in [0.05, 0.1) is 15.5 Å². The minimum atomic E-state index is -4.83. The predicted molar refractivity (Wildman–Crippen MR) is 68.5 cm³/mol. The summed E-state index contributed by atoms with van der Waals surface area (Å²) in [6.07, 6.45) is -4.83. The van der Waals surface area contributed by atoms with Gasteiger partial charge in [-0.15, -0.1) is 0 Å². The monoisotopic (exact) mass is 345 g/mol. The highest BCUT2D eigenvalue weighted by molar-refractivity contribution is 7.89. The molecule has 0 unspecified atom stereocenters. The van der Waals surface area contributed by atoms with Crippen LogP contribution in [0.5, 0.6) is 0 Å². The van der Waals surface area contributed by atoms with Crippen LogP contribution in [0.2, 0.25) is 5.02 Å². The van der Waals surface area contributed by atoms with Crippen molar-refractivity contribution in [2.75, 3.05) is 0 Å². The molecule has 0 aromatic heterocycles. The van der Waals surface area contributed by atoms with Gasteiger partial charge in [0.25, 0.3) is 0 Å². The van der Waals surface area contributed by atoms with Crippen LogP contribution in [0.4, 0.5) is 13.2 Å². The third kappa shape index (κ3) is 4.08. The van der Waals surface area contributed by atoms with Crippen LogP contribution in [0.25, 0.3) is 0 Å². The quantitative estimate of drug-likeness (QED) is 0.878. The Bertz CT molecular complexity index is 671. The number of halogens is 4. The van der Waals surface area contributed by atoms with E-state index in [1.165, 1.54) is 0 Å². The fourth-order valence-electron chi connectivity index (χ4n) is 1.33. The molecule has 2 N–H and O–H groups in total. The fourth-order valence-corrected chi connectivity index (χ4v) is 2.95. The van der Waals surface area contributed by atoms with Gasteiger partial charge in [0.15, 0.2) is 0 Å². The summed E-state index contributed by atoms with van der Waals surface area (Å²) >= 11 is 5.39. The number of hydrogen-bond donors (Lipinski definition) is 2. The summed E-state index contributed by atoms with van der Waals surface area (Å²) in [5.74, 6) is -1.48. The van der Waals surface area contributed by atoms with E-state index < -0.39 is 43.2 Å². The molecule has 0 atom stereocenters. The Morgan fingerprint density at radius 3 is 2.24 bits per heavy atom. The maximum Gasteiger partial charge on any atom is 0.417 e. The van der Waals surface area contributed by atoms with Crippen molar-refractivity contribution in [3.05, 3.63) is 28.8 Å². The lowest BCUT2D eigenvalue weighted by Gasteiger charge is -2.21. The molecule has 0 heterocycles. The Kier molecular flexibility index (Phi) is 4.62. The second kappa shape index (κ2) is 5.47. The lowest BCUT2D eigenvalue weighted by atomic mass is 10.1. The molecule has 0 bridgehead atoms. The van der Waals surface area contributed by atoms with Crippen molar-refractivity contribution in [2.45, 2.75) is 30.5 Å². The molecule has 0 saturated heterocycles. The minimum absolute atomic E-state index is 0.350. The Morgan fingerprint density at radius 1 is 1.29 bits per heavy atom. The third-order valence-corrected chi connectivity index (χ3v) is 4.46. The molecule has 1 rings (SSSR count). The number of carbonyl (C=O) groups is 1. The second-order valence-electron chi connectivity index (χ2n) is 4.68. The summed E-state index contributed by atoms with van der Waals surface area (Å²) in [6.45, 7) is 2.13. The van der Waals surface area contributed by atoms with Crippen molar-refractivity contribution in [2.24, 2.45) is 0 Å². The standard InChI is InChI=1S/C11H11ClF3NO4S/c1-10(2,9(17)18)16-21(19,20)6-3-4-8(12)7(5-6)11(13,14)15/h3-5,16H,1-2H3,(H,17,18). The first kappa shape index (κ1) is 17.7. The Morgan fingerprint density at radius 2 is 1.81 bits per heavy atom. The number of carboxylic acid groups (broad SMARTS) is 1. The van der Waals surface area contributed by atoms with Gasteiger partial charge in [0.1, 0.15) is 5.54 Å². The van der Waals surface area contributed by atoms with E-state index in [4.69, 9.17) is 16.7 Å². The van der Waals surface area contributed by atoms with Crippen molar-refractivity contribution in [3.63, 3.8) is 0 Å². The van der Waals surface area contributed by atoms with Crippen molar-refractivity contribution in [3.8, 4) is 0 Å². The molecule has 1 aromatic carbocycles. The molecule has 0 amide bonds. The van der Waals surface area contributed by atoms with E-state index >= 15 is 0 Å². The van der Waals surface area contributed by atoms with Crippen LogP contribution < -0.4 is 4.72 Å². The molecule has 0 aliphatic rings. The number of carboxylic acids is 1. The van der Waals surface area contributed by atoms with Crippen LogP contribution in [-0.2, 0) is 21.0 Å². The topological polar surface area (TPSA) is 83.5 Å². The molecule has 5 nitrogen and oxygen atoms in total. The molecule has 0 fully saturated rings. The van der Waals surface area contributed by atoms with Gasteiger partial charge in [-0.3, -0.25) is 4.79 Å². The van der Waals surface area contributed by atoms with Gasteiger partial charge in [-0.05, 0) is 32.0 Å². The lowest BCUT2D eigenvalue weighted by Crippen LogP contribution is -2.49. The zero-order valence-electron chi connectivity index (χ0n) is 10.8. The smallest absolute Gasteiger partial charge is 0.417 e.